The van der Waals surface area contributed by atoms with Crippen molar-refractivity contribution >= 4 is 17.8 Å². The van der Waals surface area contributed by atoms with Gasteiger partial charge in [-0.1, -0.05) is 24.3 Å². The van der Waals surface area contributed by atoms with Crippen molar-refractivity contribution in [1.29, 1.82) is 0 Å². The fourth-order valence-corrected chi connectivity index (χ4v) is 3.73. The molecule has 0 aromatic heterocycles. The van der Waals surface area contributed by atoms with Gasteiger partial charge in [-0.2, -0.15) is 0 Å². The molecule has 2 N–H and O–H groups in total. The topological polar surface area (TPSA) is 78.5 Å². The van der Waals surface area contributed by atoms with Crippen molar-refractivity contribution in [2.24, 2.45) is 5.92 Å². The maximum absolute atomic E-state index is 13.0. The normalized spacial score (nSPS) is 25.6. The predicted molar refractivity (Wildman–Crippen MR) is 87.0 cm³/mol. The number of carbonyl (C=O) groups excluding carboxylic acids is 3. The second-order valence-electron chi connectivity index (χ2n) is 6.98. The molecule has 2 fully saturated rings. The minimum Gasteiger partial charge on any atom is -0.354 e. The molecule has 4 amide bonds. The maximum Gasteiger partial charge on any atom is 0.325 e. The molecule has 6 nitrogen and oxygen atoms in total. The summed E-state index contributed by atoms with van der Waals surface area (Å²) in [6.07, 6.45) is 4.61. The average molecular weight is 327 g/mol. The molecule has 1 aromatic rings. The van der Waals surface area contributed by atoms with E-state index in [4.69, 9.17) is 0 Å². The smallest absolute Gasteiger partial charge is 0.325 e. The Bertz CT molecular complexity index is 713. The van der Waals surface area contributed by atoms with Gasteiger partial charge in [0.05, 0.1) is 0 Å². The van der Waals surface area contributed by atoms with Crippen LogP contribution in [0.4, 0.5) is 4.79 Å². The van der Waals surface area contributed by atoms with E-state index < -0.39 is 11.6 Å². The fraction of sp³-hybridized carbons (Fsp3) is 0.500. The van der Waals surface area contributed by atoms with E-state index in [1.807, 2.05) is 24.3 Å². The Morgan fingerprint density at radius 2 is 2.08 bits per heavy atom. The van der Waals surface area contributed by atoms with Crippen molar-refractivity contribution in [3.8, 4) is 0 Å². The van der Waals surface area contributed by atoms with E-state index in [-0.39, 0.29) is 18.4 Å². The first kappa shape index (κ1) is 15.2. The van der Waals surface area contributed by atoms with Crippen LogP contribution in [0, 0.1) is 5.92 Å². The number of hydrogen-bond acceptors (Lipinski definition) is 3. The third-order valence-electron chi connectivity index (χ3n) is 5.24. The quantitative estimate of drug-likeness (QED) is 0.818. The van der Waals surface area contributed by atoms with Crippen LogP contribution in [0.1, 0.15) is 36.8 Å². The van der Waals surface area contributed by atoms with Gasteiger partial charge >= 0.3 is 6.03 Å². The molecule has 1 aliphatic heterocycles. The van der Waals surface area contributed by atoms with Gasteiger partial charge in [-0.15, -0.1) is 0 Å². The molecule has 0 radical (unpaired) electrons. The van der Waals surface area contributed by atoms with Crippen LogP contribution in [0.3, 0.4) is 0 Å². The van der Waals surface area contributed by atoms with Crippen LogP contribution in [-0.4, -0.2) is 35.8 Å². The summed E-state index contributed by atoms with van der Waals surface area (Å²) in [4.78, 5) is 38.5. The van der Waals surface area contributed by atoms with Crippen LogP contribution in [-0.2, 0) is 21.5 Å². The van der Waals surface area contributed by atoms with E-state index in [0.717, 1.165) is 41.7 Å². The van der Waals surface area contributed by atoms with Gasteiger partial charge in [0, 0.05) is 6.54 Å². The van der Waals surface area contributed by atoms with E-state index in [0.29, 0.717) is 18.9 Å². The molecule has 3 aliphatic rings. The van der Waals surface area contributed by atoms with Crippen LogP contribution in [0.5, 0.6) is 0 Å². The van der Waals surface area contributed by atoms with Crippen molar-refractivity contribution in [3.05, 3.63) is 35.4 Å². The van der Waals surface area contributed by atoms with Crippen molar-refractivity contribution in [2.45, 2.75) is 37.6 Å². The van der Waals surface area contributed by atoms with Crippen LogP contribution in [0.25, 0.3) is 0 Å². The Hall–Kier alpha value is -2.37. The maximum atomic E-state index is 13.0. The number of benzene rings is 1. The monoisotopic (exact) mass is 327 g/mol. The molecule has 1 atom stereocenters. The highest BCUT2D eigenvalue weighted by atomic mass is 16.2. The second-order valence-corrected chi connectivity index (χ2v) is 6.98. The van der Waals surface area contributed by atoms with Crippen molar-refractivity contribution in [1.82, 2.24) is 15.5 Å². The van der Waals surface area contributed by atoms with E-state index in [9.17, 15) is 14.4 Å². The van der Waals surface area contributed by atoms with E-state index in [1.165, 1.54) is 0 Å². The molecular weight excluding hydrogens is 306 g/mol. The molecule has 0 bridgehead atoms. The second kappa shape index (κ2) is 5.61. The van der Waals surface area contributed by atoms with Crippen LogP contribution in [0.2, 0.25) is 0 Å². The van der Waals surface area contributed by atoms with Gasteiger partial charge in [-0.25, -0.2) is 4.79 Å². The number of amides is 4. The summed E-state index contributed by atoms with van der Waals surface area (Å²) < 4.78 is 0. The van der Waals surface area contributed by atoms with Gasteiger partial charge < -0.3 is 10.6 Å². The van der Waals surface area contributed by atoms with Gasteiger partial charge in [-0.05, 0) is 49.1 Å². The summed E-state index contributed by atoms with van der Waals surface area (Å²) in [5, 5.41) is 5.68. The van der Waals surface area contributed by atoms with Crippen molar-refractivity contribution in [2.75, 3.05) is 13.1 Å². The first-order chi connectivity index (χ1) is 11.6. The molecule has 1 saturated carbocycles. The Morgan fingerprint density at radius 1 is 1.29 bits per heavy atom. The number of nitrogens with one attached hydrogen (secondary N) is 2. The number of fused-ring (bicyclic) bond motifs is 2. The number of aryl methyl sites for hydroxylation is 1. The van der Waals surface area contributed by atoms with E-state index in [1.54, 1.807) is 0 Å². The SMILES string of the molecule is O=C(CN1C(=O)N[C@@]2(CCCc3ccccc32)C1=O)NCC1CC1. The molecule has 1 saturated heterocycles. The molecule has 1 aromatic carbocycles. The van der Waals surface area contributed by atoms with Crippen LogP contribution >= 0.6 is 0 Å². The largest absolute Gasteiger partial charge is 0.354 e. The Labute approximate surface area is 140 Å². The standard InChI is InChI=1S/C18H21N3O3/c22-15(19-10-12-7-8-12)11-21-16(23)18(20-17(21)24)9-3-5-13-4-1-2-6-14(13)18/h1-2,4,6,12H,3,5,7-11H2,(H,19,22)(H,20,24)/t18-/m1/s1. The van der Waals surface area contributed by atoms with Gasteiger partial charge in [0.15, 0.2) is 0 Å². The molecule has 6 heteroatoms. The van der Waals surface area contributed by atoms with Gasteiger partial charge in [0.25, 0.3) is 5.91 Å². The molecule has 24 heavy (non-hydrogen) atoms. The summed E-state index contributed by atoms with van der Waals surface area (Å²) in [6, 6.07) is 7.26. The summed E-state index contributed by atoms with van der Waals surface area (Å²) in [7, 11) is 0. The van der Waals surface area contributed by atoms with Crippen LogP contribution < -0.4 is 10.6 Å². The van der Waals surface area contributed by atoms with Crippen molar-refractivity contribution < 1.29 is 14.4 Å². The van der Waals surface area contributed by atoms with E-state index >= 15 is 0 Å². The lowest BCUT2D eigenvalue weighted by atomic mass is 9.76. The number of imide groups is 1. The lowest BCUT2D eigenvalue weighted by Gasteiger charge is -2.33. The summed E-state index contributed by atoms with van der Waals surface area (Å²) in [5.74, 6) is -0.0126. The minimum atomic E-state index is -0.997. The number of rotatable bonds is 4. The number of nitrogens with zero attached hydrogens (tertiary/aromatic N) is 1. The average Bonchev–Trinajstić information content (AvgIpc) is 3.38. The lowest BCUT2D eigenvalue weighted by Crippen LogP contribution is -2.47. The van der Waals surface area contributed by atoms with Gasteiger partial charge in [0.2, 0.25) is 5.91 Å². The zero-order valence-electron chi connectivity index (χ0n) is 13.5. The molecule has 2 aliphatic carbocycles. The Morgan fingerprint density at radius 3 is 2.88 bits per heavy atom. The highest BCUT2D eigenvalue weighted by Crippen LogP contribution is 2.39. The van der Waals surface area contributed by atoms with Crippen molar-refractivity contribution in [3.63, 3.8) is 0 Å². The van der Waals surface area contributed by atoms with Crippen LogP contribution in [0.15, 0.2) is 24.3 Å². The summed E-state index contributed by atoms with van der Waals surface area (Å²) in [6.45, 7) is 0.428. The highest BCUT2D eigenvalue weighted by molar-refractivity contribution is 6.09. The molecule has 4 rings (SSSR count). The van der Waals surface area contributed by atoms with E-state index in [2.05, 4.69) is 10.6 Å². The molecule has 0 unspecified atom stereocenters. The Kier molecular flexibility index (Phi) is 3.55. The Balaban J connectivity index is 1.54. The molecule has 1 heterocycles. The zero-order chi connectivity index (χ0) is 16.7. The first-order valence-electron chi connectivity index (χ1n) is 8.59. The minimum absolute atomic E-state index is 0.207. The number of hydrogen-bond donors (Lipinski definition) is 2. The first-order valence-corrected chi connectivity index (χ1v) is 8.59. The number of urea groups is 1. The molecule has 1 spiro atoms. The summed E-state index contributed by atoms with van der Waals surface area (Å²) in [5.41, 5.74) is 0.968. The molecular formula is C18H21N3O3. The zero-order valence-corrected chi connectivity index (χ0v) is 13.5. The molecule has 126 valence electrons. The number of carbonyl (C=O) groups is 3. The highest BCUT2D eigenvalue weighted by Gasteiger charge is 2.54. The third-order valence-corrected chi connectivity index (χ3v) is 5.24. The third kappa shape index (κ3) is 2.46. The lowest BCUT2D eigenvalue weighted by molar-refractivity contribution is -0.135. The van der Waals surface area contributed by atoms with Gasteiger partial charge in [0.1, 0.15) is 12.1 Å². The fourth-order valence-electron chi connectivity index (χ4n) is 3.73. The summed E-state index contributed by atoms with van der Waals surface area (Å²) >= 11 is 0. The predicted octanol–water partition coefficient (Wildman–Crippen LogP) is 1.30. The van der Waals surface area contributed by atoms with Gasteiger partial charge in [-0.3, -0.25) is 14.5 Å².